The van der Waals surface area contributed by atoms with Crippen LogP contribution in [0.4, 0.5) is 4.79 Å². The van der Waals surface area contributed by atoms with Crippen molar-refractivity contribution in [1.29, 1.82) is 0 Å². The molecule has 0 aromatic carbocycles. The molecule has 6 heteroatoms. The van der Waals surface area contributed by atoms with Crippen LogP contribution >= 0.6 is 0 Å². The smallest absolute Gasteiger partial charge is 0.398 e. The number of carboxylic acid groups (broad SMARTS) is 1. The number of amides is 1. The highest BCUT2D eigenvalue weighted by atomic mass is 28.2. The molecule has 0 atom stereocenters. The lowest BCUT2D eigenvalue weighted by atomic mass is 10.4. The molecule has 0 aliphatic carbocycles. The molecular formula is C7H17NO4Si. The third-order valence-corrected chi connectivity index (χ3v) is 3.16. The molecule has 0 aliphatic heterocycles. The van der Waals surface area contributed by atoms with Crippen LogP contribution in [-0.2, 0) is 9.47 Å². The van der Waals surface area contributed by atoms with Gasteiger partial charge in [-0.25, -0.2) is 4.79 Å². The van der Waals surface area contributed by atoms with Crippen molar-refractivity contribution >= 4 is 15.8 Å². The summed E-state index contributed by atoms with van der Waals surface area (Å²) in [5, 5.41) is 8.71. The van der Waals surface area contributed by atoms with Gasteiger partial charge in [0.15, 0.2) is 6.29 Å². The lowest BCUT2D eigenvalue weighted by Crippen LogP contribution is -2.34. The Bertz CT molecular complexity index is 151. The molecule has 0 fully saturated rings. The molecule has 0 bridgehead atoms. The second kappa shape index (κ2) is 6.87. The molecule has 0 heterocycles. The predicted molar refractivity (Wildman–Crippen MR) is 51.6 cm³/mol. The van der Waals surface area contributed by atoms with Crippen molar-refractivity contribution in [1.82, 2.24) is 4.57 Å². The number of methoxy groups -OCH3 is 2. The van der Waals surface area contributed by atoms with Gasteiger partial charge in [0.2, 0.25) is 0 Å². The highest BCUT2D eigenvalue weighted by molar-refractivity contribution is 6.34. The zero-order chi connectivity index (χ0) is 10.3. The van der Waals surface area contributed by atoms with Gasteiger partial charge >= 0.3 is 6.09 Å². The third kappa shape index (κ3) is 4.86. The molecule has 0 saturated carbocycles. The normalized spacial score (nSPS) is 11.4. The van der Waals surface area contributed by atoms with Crippen LogP contribution in [0.5, 0.6) is 0 Å². The second-order valence-electron chi connectivity index (χ2n) is 2.55. The summed E-state index contributed by atoms with van der Waals surface area (Å²) >= 11 is 0. The summed E-state index contributed by atoms with van der Waals surface area (Å²) in [4.78, 5) is 10.6. The summed E-state index contributed by atoms with van der Waals surface area (Å²) in [7, 11) is 2.43. The first-order valence-corrected chi connectivity index (χ1v) is 6.23. The van der Waals surface area contributed by atoms with E-state index in [9.17, 15) is 4.79 Å². The van der Waals surface area contributed by atoms with Crippen LogP contribution in [-0.4, -0.2) is 52.5 Å². The number of hydrogen-bond donors (Lipinski definition) is 1. The maximum atomic E-state index is 10.6. The van der Waals surface area contributed by atoms with Crippen LogP contribution in [0.1, 0.15) is 6.42 Å². The third-order valence-electron chi connectivity index (χ3n) is 1.81. The van der Waals surface area contributed by atoms with E-state index in [2.05, 4.69) is 0 Å². The Morgan fingerprint density at radius 3 is 2.38 bits per heavy atom. The van der Waals surface area contributed by atoms with Gasteiger partial charge in [0.05, 0.1) is 0 Å². The standard InChI is InChI=1S/C7H17NO4Si/c1-11-6(12-2)4-5-8(13-3)7(9)10/h6H,4-5,13H2,1-3H3,(H,9,10). The Labute approximate surface area is 80.5 Å². The molecule has 13 heavy (non-hydrogen) atoms. The molecule has 0 radical (unpaired) electrons. The van der Waals surface area contributed by atoms with Crippen LogP contribution in [0.25, 0.3) is 0 Å². The largest absolute Gasteiger partial charge is 0.465 e. The number of hydrogen-bond acceptors (Lipinski definition) is 3. The minimum absolute atomic E-state index is 0.303. The molecule has 1 amide bonds. The molecule has 0 aromatic rings. The van der Waals surface area contributed by atoms with E-state index < -0.39 is 15.8 Å². The quantitative estimate of drug-likeness (QED) is 0.496. The zero-order valence-corrected chi connectivity index (χ0v) is 9.73. The van der Waals surface area contributed by atoms with Crippen LogP contribution in [0.2, 0.25) is 6.55 Å². The van der Waals surface area contributed by atoms with E-state index in [0.717, 1.165) is 0 Å². The van der Waals surface area contributed by atoms with E-state index >= 15 is 0 Å². The lowest BCUT2D eigenvalue weighted by molar-refractivity contribution is -0.106. The molecule has 0 saturated heterocycles. The first kappa shape index (κ1) is 12.4. The lowest BCUT2D eigenvalue weighted by Gasteiger charge is -2.20. The number of rotatable bonds is 6. The van der Waals surface area contributed by atoms with Crippen molar-refractivity contribution in [2.75, 3.05) is 20.8 Å². The van der Waals surface area contributed by atoms with Crippen LogP contribution in [0, 0.1) is 0 Å². The average Bonchev–Trinajstić information content (AvgIpc) is 2.12. The summed E-state index contributed by atoms with van der Waals surface area (Å²) in [5.41, 5.74) is 0. The Hall–Kier alpha value is -0.593. The summed E-state index contributed by atoms with van der Waals surface area (Å²) in [6.07, 6.45) is -0.567. The molecule has 0 rings (SSSR count). The number of carbonyl (C=O) groups is 1. The second-order valence-corrected chi connectivity index (χ2v) is 3.95. The SMILES string of the molecule is COC(CCN([SiH2]C)C(=O)O)OC. The predicted octanol–water partition coefficient (Wildman–Crippen LogP) is 0.107. The fourth-order valence-corrected chi connectivity index (χ4v) is 1.75. The van der Waals surface area contributed by atoms with Gasteiger partial charge in [-0.1, -0.05) is 6.55 Å². The molecule has 1 N–H and O–H groups in total. The number of nitrogens with zero attached hydrogens (tertiary/aromatic N) is 1. The van der Waals surface area contributed by atoms with Gasteiger partial charge in [-0.3, -0.25) is 0 Å². The van der Waals surface area contributed by atoms with Gasteiger partial charge < -0.3 is 19.1 Å². The molecule has 5 nitrogen and oxygen atoms in total. The number of ether oxygens (including phenoxy) is 2. The molecule has 0 aromatic heterocycles. The van der Waals surface area contributed by atoms with Crippen molar-refractivity contribution in [2.24, 2.45) is 0 Å². The van der Waals surface area contributed by atoms with Crippen LogP contribution < -0.4 is 0 Å². The first-order valence-electron chi connectivity index (χ1n) is 4.19. The minimum Gasteiger partial charge on any atom is -0.465 e. The maximum absolute atomic E-state index is 10.6. The van der Waals surface area contributed by atoms with Gasteiger partial charge in [0.1, 0.15) is 9.68 Å². The van der Waals surface area contributed by atoms with Crippen molar-refractivity contribution in [3.05, 3.63) is 0 Å². The summed E-state index contributed by atoms with van der Waals surface area (Å²) in [5.74, 6) is 0. The van der Waals surface area contributed by atoms with Crippen LogP contribution in [0.15, 0.2) is 0 Å². The molecule has 78 valence electrons. The van der Waals surface area contributed by atoms with Crippen molar-refractivity contribution in [2.45, 2.75) is 19.3 Å². The highest BCUT2D eigenvalue weighted by Crippen LogP contribution is 2.00. The summed E-state index contributed by atoms with van der Waals surface area (Å²) in [6, 6.07) is 0. The highest BCUT2D eigenvalue weighted by Gasteiger charge is 2.12. The van der Waals surface area contributed by atoms with E-state index in [1.807, 2.05) is 6.55 Å². The van der Waals surface area contributed by atoms with Crippen molar-refractivity contribution < 1.29 is 19.4 Å². The van der Waals surface area contributed by atoms with E-state index in [4.69, 9.17) is 14.6 Å². The fourth-order valence-electron chi connectivity index (χ4n) is 0.982. The topological polar surface area (TPSA) is 59.0 Å². The van der Waals surface area contributed by atoms with Gasteiger partial charge in [-0.2, -0.15) is 0 Å². The van der Waals surface area contributed by atoms with Gasteiger partial charge in [-0.15, -0.1) is 0 Å². The van der Waals surface area contributed by atoms with Gasteiger partial charge in [0, 0.05) is 27.2 Å². The summed E-state index contributed by atoms with van der Waals surface area (Å²) < 4.78 is 11.3. The Balaban J connectivity index is 3.76. The van der Waals surface area contributed by atoms with E-state index in [-0.39, 0.29) is 6.29 Å². The zero-order valence-electron chi connectivity index (χ0n) is 8.32. The Morgan fingerprint density at radius 2 is 2.08 bits per heavy atom. The van der Waals surface area contributed by atoms with Crippen molar-refractivity contribution in [3.63, 3.8) is 0 Å². The Morgan fingerprint density at radius 1 is 1.54 bits per heavy atom. The Kier molecular flexibility index (Phi) is 6.56. The monoisotopic (exact) mass is 207 g/mol. The minimum atomic E-state index is -0.847. The maximum Gasteiger partial charge on any atom is 0.398 e. The fraction of sp³-hybridized carbons (Fsp3) is 0.857. The van der Waals surface area contributed by atoms with E-state index in [1.165, 1.54) is 4.57 Å². The average molecular weight is 207 g/mol. The van der Waals surface area contributed by atoms with Crippen molar-refractivity contribution in [3.8, 4) is 0 Å². The molecule has 0 aliphatic rings. The van der Waals surface area contributed by atoms with E-state index in [0.29, 0.717) is 13.0 Å². The van der Waals surface area contributed by atoms with Crippen LogP contribution in [0.3, 0.4) is 0 Å². The molecule has 0 unspecified atom stereocenters. The first-order chi connectivity index (χ1) is 6.15. The van der Waals surface area contributed by atoms with Gasteiger partial charge in [0.25, 0.3) is 0 Å². The van der Waals surface area contributed by atoms with E-state index in [1.54, 1.807) is 14.2 Å². The molecular weight excluding hydrogens is 190 g/mol. The molecule has 0 spiro atoms. The van der Waals surface area contributed by atoms with Gasteiger partial charge in [-0.05, 0) is 0 Å². The summed E-state index contributed by atoms with van der Waals surface area (Å²) in [6.45, 7) is 2.42.